The van der Waals surface area contributed by atoms with Crippen molar-refractivity contribution in [2.24, 2.45) is 10.7 Å². The maximum atomic E-state index is 5.99. The lowest BCUT2D eigenvalue weighted by Gasteiger charge is -2.27. The first kappa shape index (κ1) is 16.2. The molecule has 0 unspecified atom stereocenters. The van der Waals surface area contributed by atoms with Crippen molar-refractivity contribution in [2.45, 2.75) is 25.7 Å². The van der Waals surface area contributed by atoms with Gasteiger partial charge < -0.3 is 10.6 Å². The van der Waals surface area contributed by atoms with Gasteiger partial charge in [0.1, 0.15) is 0 Å². The van der Waals surface area contributed by atoms with Crippen LogP contribution in [0.25, 0.3) is 0 Å². The Balaban J connectivity index is 0.00000162. The van der Waals surface area contributed by atoms with E-state index < -0.39 is 0 Å². The molecule has 1 saturated heterocycles. The number of aliphatic imine (C=N–C) groups is 1. The van der Waals surface area contributed by atoms with Crippen molar-refractivity contribution in [3.8, 4) is 0 Å². The smallest absolute Gasteiger partial charge is 0.191 e. The van der Waals surface area contributed by atoms with Crippen LogP contribution < -0.4 is 5.73 Å². The van der Waals surface area contributed by atoms with E-state index in [-0.39, 0.29) is 24.0 Å². The lowest BCUT2D eigenvalue weighted by molar-refractivity contribution is 0.338. The number of hydrogen-bond donors (Lipinski definition) is 1. The molecule has 1 fully saturated rings. The molecular formula is C12H19BrIN3S. The maximum absolute atomic E-state index is 5.99. The van der Waals surface area contributed by atoms with Crippen LogP contribution in [0.3, 0.4) is 0 Å². The van der Waals surface area contributed by atoms with Crippen LogP contribution in [0.1, 0.15) is 24.1 Å². The number of likely N-dealkylation sites (tertiary alicyclic amines) is 1. The summed E-state index contributed by atoms with van der Waals surface area (Å²) in [6.07, 6.45) is 4.79. The Kier molecular flexibility index (Phi) is 7.55. The summed E-state index contributed by atoms with van der Waals surface area (Å²) < 4.78 is 1.18. The van der Waals surface area contributed by atoms with E-state index in [4.69, 9.17) is 5.73 Å². The van der Waals surface area contributed by atoms with Gasteiger partial charge in [-0.15, -0.1) is 35.3 Å². The number of thiophene rings is 1. The van der Waals surface area contributed by atoms with E-state index in [0.29, 0.717) is 0 Å². The highest BCUT2D eigenvalue weighted by atomic mass is 127. The van der Waals surface area contributed by atoms with Gasteiger partial charge in [0.25, 0.3) is 0 Å². The summed E-state index contributed by atoms with van der Waals surface area (Å²) in [5, 5.41) is 0. The van der Waals surface area contributed by atoms with Gasteiger partial charge in [-0.05, 0) is 47.3 Å². The predicted molar refractivity (Wildman–Crippen MR) is 93.1 cm³/mol. The fourth-order valence-corrected chi connectivity index (χ4v) is 3.46. The molecule has 1 aliphatic rings. The summed E-state index contributed by atoms with van der Waals surface area (Å²) in [5.41, 5.74) is 5.99. The molecule has 2 heterocycles. The highest BCUT2D eigenvalue weighted by Gasteiger charge is 2.11. The van der Waals surface area contributed by atoms with E-state index in [0.717, 1.165) is 32.0 Å². The number of nitrogens with two attached hydrogens (primary N) is 1. The average Bonchev–Trinajstić information content (AvgIpc) is 2.76. The van der Waals surface area contributed by atoms with Crippen LogP contribution in [0, 0.1) is 0 Å². The van der Waals surface area contributed by atoms with Crippen LogP contribution in [0.4, 0.5) is 0 Å². The molecule has 1 aromatic rings. The molecule has 1 aliphatic heterocycles. The van der Waals surface area contributed by atoms with E-state index in [2.05, 4.69) is 38.0 Å². The fraction of sp³-hybridized carbons (Fsp3) is 0.583. The molecular weight excluding hydrogens is 425 g/mol. The van der Waals surface area contributed by atoms with Crippen molar-refractivity contribution in [2.75, 3.05) is 19.6 Å². The Morgan fingerprint density at radius 1 is 1.33 bits per heavy atom. The second kappa shape index (κ2) is 8.37. The van der Waals surface area contributed by atoms with Crippen LogP contribution in [-0.4, -0.2) is 30.5 Å². The number of rotatable bonds is 3. The SMILES string of the molecule is I.NC(=NCCc1ccc(Br)s1)N1CCCCC1. The topological polar surface area (TPSA) is 41.6 Å². The van der Waals surface area contributed by atoms with Crippen LogP contribution in [0.2, 0.25) is 0 Å². The van der Waals surface area contributed by atoms with Gasteiger partial charge in [-0.25, -0.2) is 0 Å². The van der Waals surface area contributed by atoms with Crippen molar-refractivity contribution < 1.29 is 0 Å². The minimum Gasteiger partial charge on any atom is -0.370 e. The quantitative estimate of drug-likeness (QED) is 0.441. The number of hydrogen-bond acceptors (Lipinski definition) is 2. The molecule has 1 aromatic heterocycles. The van der Waals surface area contributed by atoms with Crippen molar-refractivity contribution >= 4 is 57.2 Å². The highest BCUT2D eigenvalue weighted by Crippen LogP contribution is 2.22. The first-order chi connectivity index (χ1) is 8.25. The van der Waals surface area contributed by atoms with Crippen LogP contribution in [0.5, 0.6) is 0 Å². The minimum absolute atomic E-state index is 0. The van der Waals surface area contributed by atoms with Gasteiger partial charge in [0.2, 0.25) is 0 Å². The lowest BCUT2D eigenvalue weighted by Crippen LogP contribution is -2.41. The molecule has 6 heteroatoms. The summed E-state index contributed by atoms with van der Waals surface area (Å²) in [4.78, 5) is 8.02. The van der Waals surface area contributed by atoms with Crippen molar-refractivity contribution in [1.82, 2.24) is 4.90 Å². The third kappa shape index (κ3) is 5.05. The molecule has 0 aliphatic carbocycles. The molecule has 3 nitrogen and oxygen atoms in total. The normalized spacial score (nSPS) is 16.5. The summed E-state index contributed by atoms with van der Waals surface area (Å²) in [6, 6.07) is 4.22. The van der Waals surface area contributed by atoms with Crippen molar-refractivity contribution in [3.05, 3.63) is 20.8 Å². The molecule has 0 aromatic carbocycles. The first-order valence-corrected chi connectivity index (χ1v) is 7.66. The second-order valence-corrected chi connectivity index (χ2v) is 6.79. The van der Waals surface area contributed by atoms with E-state index in [9.17, 15) is 0 Å². The minimum atomic E-state index is 0. The Bertz CT molecular complexity index is 388. The van der Waals surface area contributed by atoms with Gasteiger partial charge >= 0.3 is 0 Å². The highest BCUT2D eigenvalue weighted by molar-refractivity contribution is 14.0. The first-order valence-electron chi connectivity index (χ1n) is 6.05. The Labute approximate surface area is 138 Å². The fourth-order valence-electron chi connectivity index (χ4n) is 1.99. The molecule has 0 spiro atoms. The Hall–Kier alpha value is 0.180. The van der Waals surface area contributed by atoms with Gasteiger partial charge in [-0.2, -0.15) is 0 Å². The summed E-state index contributed by atoms with van der Waals surface area (Å²) >= 11 is 5.23. The standard InChI is InChI=1S/C12H18BrN3S.HI/c13-11-5-4-10(17-11)6-7-15-12(14)16-8-2-1-3-9-16;/h4-5H,1-3,6-9H2,(H2,14,15);1H. The molecule has 2 N–H and O–H groups in total. The van der Waals surface area contributed by atoms with Crippen LogP contribution in [-0.2, 0) is 6.42 Å². The zero-order valence-electron chi connectivity index (χ0n) is 10.3. The largest absolute Gasteiger partial charge is 0.370 e. The molecule has 0 bridgehead atoms. The van der Waals surface area contributed by atoms with Gasteiger partial charge in [0.15, 0.2) is 5.96 Å². The average molecular weight is 444 g/mol. The van der Waals surface area contributed by atoms with Crippen molar-refractivity contribution in [3.63, 3.8) is 0 Å². The number of halogens is 2. The van der Waals surface area contributed by atoms with Gasteiger partial charge in [0, 0.05) is 30.9 Å². The van der Waals surface area contributed by atoms with E-state index in [1.807, 2.05) is 0 Å². The summed E-state index contributed by atoms with van der Waals surface area (Å²) in [7, 11) is 0. The monoisotopic (exact) mass is 443 g/mol. The van der Waals surface area contributed by atoms with E-state index in [1.165, 1.54) is 27.9 Å². The third-order valence-corrected chi connectivity index (χ3v) is 4.62. The second-order valence-electron chi connectivity index (χ2n) is 4.24. The van der Waals surface area contributed by atoms with Gasteiger partial charge in [-0.3, -0.25) is 4.99 Å². The maximum Gasteiger partial charge on any atom is 0.191 e. The molecule has 0 atom stereocenters. The van der Waals surface area contributed by atoms with Crippen molar-refractivity contribution in [1.29, 1.82) is 0 Å². The van der Waals surface area contributed by atoms with E-state index in [1.54, 1.807) is 11.3 Å². The Morgan fingerprint density at radius 2 is 2.06 bits per heavy atom. The predicted octanol–water partition coefficient (Wildman–Crippen LogP) is 3.47. The number of piperidine rings is 1. The molecule has 2 rings (SSSR count). The molecule has 0 saturated carbocycles. The number of nitrogens with zero attached hydrogens (tertiary/aromatic N) is 2. The summed E-state index contributed by atoms with van der Waals surface area (Å²) in [6.45, 7) is 2.93. The molecule has 102 valence electrons. The van der Waals surface area contributed by atoms with Crippen LogP contribution in [0.15, 0.2) is 20.9 Å². The Morgan fingerprint density at radius 3 is 2.67 bits per heavy atom. The summed E-state index contributed by atoms with van der Waals surface area (Å²) in [5.74, 6) is 0.723. The van der Waals surface area contributed by atoms with Gasteiger partial charge in [0.05, 0.1) is 3.79 Å². The molecule has 0 radical (unpaired) electrons. The zero-order chi connectivity index (χ0) is 12.1. The molecule has 18 heavy (non-hydrogen) atoms. The molecule has 0 amide bonds. The number of guanidine groups is 1. The van der Waals surface area contributed by atoms with Crippen LogP contribution >= 0.6 is 51.2 Å². The third-order valence-electron chi connectivity index (χ3n) is 2.94. The zero-order valence-corrected chi connectivity index (χ0v) is 15.0. The van der Waals surface area contributed by atoms with Gasteiger partial charge in [-0.1, -0.05) is 0 Å². The van der Waals surface area contributed by atoms with E-state index >= 15 is 0 Å². The lowest BCUT2D eigenvalue weighted by atomic mass is 10.1.